The fraction of sp³-hybridized carbons (Fsp3) is 0.625. The number of rotatable bonds is 3. The summed E-state index contributed by atoms with van der Waals surface area (Å²) < 4.78 is 2.46. The molecule has 0 spiro atoms. The zero-order chi connectivity index (χ0) is 20.3. The average molecular weight is 469 g/mol. The molecular weight excluding hydrogens is 440 g/mol. The van der Waals surface area contributed by atoms with E-state index in [9.17, 15) is 4.79 Å². The van der Waals surface area contributed by atoms with E-state index in [1.54, 1.807) is 0 Å². The van der Waals surface area contributed by atoms with E-state index in [0.717, 1.165) is 55.1 Å². The molecule has 1 aliphatic heterocycles. The maximum Gasteiger partial charge on any atom is 0.230 e. The van der Waals surface area contributed by atoms with Gasteiger partial charge in [0.1, 0.15) is 5.82 Å². The van der Waals surface area contributed by atoms with Crippen molar-refractivity contribution in [2.24, 2.45) is 17.3 Å². The van der Waals surface area contributed by atoms with Crippen LogP contribution in [0.4, 0.5) is 5.69 Å². The Morgan fingerprint density at radius 1 is 1.10 bits per heavy atom. The SMILES string of the molecule is O=C(Nc1cccc(-c2nnc3n2CCCCC3)c1)C12CC3CC(CC(Br)(C3)C1)C2. The molecule has 1 N–H and O–H groups in total. The molecule has 1 aromatic heterocycles. The summed E-state index contributed by atoms with van der Waals surface area (Å²) in [5.41, 5.74) is 1.72. The molecule has 4 fully saturated rings. The Labute approximate surface area is 186 Å². The molecule has 0 saturated heterocycles. The molecular formula is C24H29BrN4O. The summed E-state index contributed by atoms with van der Waals surface area (Å²) >= 11 is 4.03. The normalized spacial score (nSPS) is 34.4. The van der Waals surface area contributed by atoms with Crippen molar-refractivity contribution in [1.82, 2.24) is 14.8 Å². The quantitative estimate of drug-likeness (QED) is 0.617. The highest BCUT2D eigenvalue weighted by Gasteiger charge is 2.59. The Hall–Kier alpha value is -1.69. The van der Waals surface area contributed by atoms with E-state index in [-0.39, 0.29) is 15.6 Å². The molecule has 5 aliphatic rings. The van der Waals surface area contributed by atoms with E-state index in [2.05, 4.69) is 48.1 Å². The van der Waals surface area contributed by atoms with Crippen molar-refractivity contribution in [1.29, 1.82) is 0 Å². The number of hydrogen-bond acceptors (Lipinski definition) is 3. The number of benzene rings is 1. The lowest BCUT2D eigenvalue weighted by Gasteiger charge is -2.59. The van der Waals surface area contributed by atoms with Gasteiger partial charge >= 0.3 is 0 Å². The molecule has 4 aliphatic carbocycles. The summed E-state index contributed by atoms with van der Waals surface area (Å²) in [6.45, 7) is 0.980. The lowest BCUT2D eigenvalue weighted by Crippen LogP contribution is -2.57. The van der Waals surface area contributed by atoms with E-state index in [1.807, 2.05) is 12.1 Å². The molecule has 1 amide bonds. The third kappa shape index (κ3) is 3.14. The number of amides is 1. The van der Waals surface area contributed by atoms with Crippen LogP contribution in [0.1, 0.15) is 63.6 Å². The first-order valence-electron chi connectivity index (χ1n) is 11.5. The number of alkyl halides is 1. The fourth-order valence-corrected chi connectivity index (χ4v) is 8.57. The summed E-state index contributed by atoms with van der Waals surface area (Å²) in [5.74, 6) is 3.64. The van der Waals surface area contributed by atoms with Crippen LogP contribution in [0.25, 0.3) is 11.4 Å². The van der Waals surface area contributed by atoms with Gasteiger partial charge in [-0.3, -0.25) is 4.79 Å². The molecule has 5 nitrogen and oxygen atoms in total. The van der Waals surface area contributed by atoms with Crippen molar-refractivity contribution in [2.45, 2.75) is 75.1 Å². The zero-order valence-corrected chi connectivity index (χ0v) is 19.0. The minimum Gasteiger partial charge on any atom is -0.326 e. The van der Waals surface area contributed by atoms with Crippen molar-refractivity contribution in [3.8, 4) is 11.4 Å². The van der Waals surface area contributed by atoms with Crippen LogP contribution in [0.5, 0.6) is 0 Å². The first kappa shape index (κ1) is 19.0. The molecule has 2 unspecified atom stereocenters. The maximum absolute atomic E-state index is 13.5. The fourth-order valence-electron chi connectivity index (χ4n) is 7.11. The number of carbonyl (C=O) groups excluding carboxylic acids is 1. The molecule has 30 heavy (non-hydrogen) atoms. The number of aromatic nitrogens is 3. The summed E-state index contributed by atoms with van der Waals surface area (Å²) in [6, 6.07) is 8.18. The van der Waals surface area contributed by atoms with Gasteiger partial charge < -0.3 is 9.88 Å². The minimum atomic E-state index is -0.199. The van der Waals surface area contributed by atoms with Gasteiger partial charge in [0.05, 0.1) is 5.41 Å². The Bertz CT molecular complexity index is 985. The van der Waals surface area contributed by atoms with Crippen LogP contribution in [-0.2, 0) is 17.8 Å². The maximum atomic E-state index is 13.5. The van der Waals surface area contributed by atoms with Crippen LogP contribution in [0, 0.1) is 17.3 Å². The van der Waals surface area contributed by atoms with Gasteiger partial charge in [-0.2, -0.15) is 0 Å². The van der Waals surface area contributed by atoms with Crippen molar-refractivity contribution in [3.63, 3.8) is 0 Å². The smallest absolute Gasteiger partial charge is 0.230 e. The Morgan fingerprint density at radius 2 is 1.93 bits per heavy atom. The zero-order valence-electron chi connectivity index (χ0n) is 17.4. The van der Waals surface area contributed by atoms with Crippen molar-refractivity contribution < 1.29 is 4.79 Å². The van der Waals surface area contributed by atoms with Gasteiger partial charge in [0.15, 0.2) is 5.82 Å². The van der Waals surface area contributed by atoms with Gasteiger partial charge in [-0.25, -0.2) is 0 Å². The molecule has 4 bridgehead atoms. The number of nitrogens with zero attached hydrogens (tertiary/aromatic N) is 3. The third-order valence-corrected chi connectivity index (χ3v) is 8.89. The van der Waals surface area contributed by atoms with Gasteiger partial charge in [0, 0.05) is 28.5 Å². The molecule has 2 atom stereocenters. The summed E-state index contributed by atoms with van der Waals surface area (Å²) in [4.78, 5) is 13.5. The van der Waals surface area contributed by atoms with Crippen LogP contribution in [0.3, 0.4) is 0 Å². The van der Waals surface area contributed by atoms with Gasteiger partial charge in [0.2, 0.25) is 5.91 Å². The standard InChI is InChI=1S/C24H29BrN4O/c25-24-13-16-9-17(14-24)12-23(11-16,15-24)22(30)26-19-6-4-5-18(10-19)21-28-27-20-7-2-1-3-8-29(20)21/h4-6,10,16-17H,1-3,7-9,11-15H2,(H,26,30). The number of carbonyl (C=O) groups is 1. The number of nitrogens with one attached hydrogen (secondary N) is 1. The Morgan fingerprint density at radius 3 is 2.73 bits per heavy atom. The number of aryl methyl sites for hydroxylation is 1. The molecule has 158 valence electrons. The number of fused-ring (bicyclic) bond motifs is 1. The summed E-state index contributed by atoms with van der Waals surface area (Å²) in [6.07, 6.45) is 11.5. The van der Waals surface area contributed by atoms with Crippen molar-refractivity contribution in [2.75, 3.05) is 5.32 Å². The number of hydrogen-bond donors (Lipinski definition) is 1. The molecule has 1 aromatic carbocycles. The minimum absolute atomic E-state index is 0.190. The second-order valence-electron chi connectivity index (χ2n) is 10.3. The van der Waals surface area contributed by atoms with Crippen LogP contribution < -0.4 is 5.32 Å². The summed E-state index contributed by atoms with van der Waals surface area (Å²) in [7, 11) is 0. The van der Waals surface area contributed by atoms with E-state index < -0.39 is 0 Å². The molecule has 0 radical (unpaired) electrons. The molecule has 2 aromatic rings. The van der Waals surface area contributed by atoms with Gasteiger partial charge in [-0.05, 0) is 75.3 Å². The summed E-state index contributed by atoms with van der Waals surface area (Å²) in [5, 5.41) is 12.2. The molecule has 4 saturated carbocycles. The van der Waals surface area contributed by atoms with Crippen LogP contribution in [-0.4, -0.2) is 25.0 Å². The highest BCUT2D eigenvalue weighted by atomic mass is 79.9. The predicted octanol–water partition coefficient (Wildman–Crippen LogP) is 5.34. The van der Waals surface area contributed by atoms with Gasteiger partial charge in [-0.1, -0.05) is 34.5 Å². The van der Waals surface area contributed by atoms with Crippen LogP contribution >= 0.6 is 15.9 Å². The predicted molar refractivity (Wildman–Crippen MR) is 120 cm³/mol. The molecule has 2 heterocycles. The third-order valence-electron chi connectivity index (χ3n) is 7.96. The van der Waals surface area contributed by atoms with Crippen molar-refractivity contribution in [3.05, 3.63) is 30.1 Å². The number of halogens is 1. The van der Waals surface area contributed by atoms with E-state index in [0.29, 0.717) is 11.8 Å². The van der Waals surface area contributed by atoms with Crippen molar-refractivity contribution >= 4 is 27.5 Å². The first-order chi connectivity index (χ1) is 14.5. The van der Waals surface area contributed by atoms with Crippen LogP contribution in [0.2, 0.25) is 0 Å². The average Bonchev–Trinajstić information content (AvgIpc) is 2.95. The first-order valence-corrected chi connectivity index (χ1v) is 12.3. The second-order valence-corrected chi connectivity index (χ2v) is 12.0. The number of anilines is 1. The van der Waals surface area contributed by atoms with Crippen LogP contribution in [0.15, 0.2) is 24.3 Å². The largest absolute Gasteiger partial charge is 0.326 e. The van der Waals surface area contributed by atoms with E-state index in [1.165, 1.54) is 38.5 Å². The monoisotopic (exact) mass is 468 g/mol. The Kier molecular flexibility index (Phi) is 4.38. The van der Waals surface area contributed by atoms with Gasteiger partial charge in [-0.15, -0.1) is 10.2 Å². The lowest BCUT2D eigenvalue weighted by atomic mass is 9.49. The van der Waals surface area contributed by atoms with Gasteiger partial charge in [0.25, 0.3) is 0 Å². The molecule has 6 heteroatoms. The lowest BCUT2D eigenvalue weighted by molar-refractivity contribution is -0.138. The van der Waals surface area contributed by atoms with E-state index in [4.69, 9.17) is 0 Å². The highest BCUT2D eigenvalue weighted by molar-refractivity contribution is 9.10. The topological polar surface area (TPSA) is 59.8 Å². The Balaban J connectivity index is 1.26. The highest BCUT2D eigenvalue weighted by Crippen LogP contribution is 2.64. The van der Waals surface area contributed by atoms with E-state index >= 15 is 0 Å². The molecule has 7 rings (SSSR count). The second kappa shape index (κ2) is 6.91.